The van der Waals surface area contributed by atoms with Gasteiger partial charge in [-0.2, -0.15) is 5.10 Å². The predicted octanol–water partition coefficient (Wildman–Crippen LogP) is 2.94. The zero-order valence-electron chi connectivity index (χ0n) is 12.1. The molecule has 0 fully saturated rings. The van der Waals surface area contributed by atoms with Crippen LogP contribution >= 0.6 is 0 Å². The summed E-state index contributed by atoms with van der Waals surface area (Å²) in [6.07, 6.45) is 0.784. The van der Waals surface area contributed by atoms with Gasteiger partial charge in [0.15, 0.2) is 5.78 Å². The highest BCUT2D eigenvalue weighted by Crippen LogP contribution is 2.24. The number of carbonyl (C=O) groups is 1. The first-order valence-corrected chi connectivity index (χ1v) is 6.83. The maximum atomic E-state index is 12.3. The number of Topliss-reactive ketones (excluding diaryl/α,β-unsaturated/α-hetero) is 1. The van der Waals surface area contributed by atoms with Gasteiger partial charge in [0.05, 0.1) is 11.3 Å². The van der Waals surface area contributed by atoms with Crippen molar-refractivity contribution in [3.8, 4) is 0 Å². The second kappa shape index (κ2) is 6.30. The lowest BCUT2D eigenvalue weighted by molar-refractivity contribution is -0.386. The molecule has 0 saturated heterocycles. The lowest BCUT2D eigenvalue weighted by atomic mass is 10.1. The van der Waals surface area contributed by atoms with Gasteiger partial charge in [0.25, 0.3) is 0 Å². The first-order chi connectivity index (χ1) is 10.0. The van der Waals surface area contributed by atoms with Crippen molar-refractivity contribution in [1.29, 1.82) is 0 Å². The number of carbonyl (C=O) groups excluding carboxylic acids is 1. The number of hydrogen-bond acceptors (Lipinski definition) is 4. The zero-order chi connectivity index (χ0) is 15.4. The van der Waals surface area contributed by atoms with E-state index in [4.69, 9.17) is 0 Å². The molecule has 0 amide bonds. The molecule has 110 valence electrons. The van der Waals surface area contributed by atoms with Crippen LogP contribution in [0.2, 0.25) is 0 Å². The van der Waals surface area contributed by atoms with E-state index in [2.05, 4.69) is 5.10 Å². The summed E-state index contributed by atoms with van der Waals surface area (Å²) >= 11 is 0. The van der Waals surface area contributed by atoms with E-state index in [1.807, 2.05) is 13.0 Å². The summed E-state index contributed by atoms with van der Waals surface area (Å²) in [5, 5.41) is 15.4. The molecule has 6 heteroatoms. The SMILES string of the molecule is CCCn1nc(C)c([N+](=O)[O-])c1CC(=O)c1ccccc1. The van der Waals surface area contributed by atoms with E-state index in [0.717, 1.165) is 6.42 Å². The van der Waals surface area contributed by atoms with Crippen LogP contribution in [0.25, 0.3) is 0 Å². The average molecular weight is 287 g/mol. The fourth-order valence-electron chi connectivity index (χ4n) is 2.31. The van der Waals surface area contributed by atoms with E-state index in [9.17, 15) is 14.9 Å². The molecule has 0 radical (unpaired) electrons. The largest absolute Gasteiger partial charge is 0.313 e. The maximum Gasteiger partial charge on any atom is 0.313 e. The van der Waals surface area contributed by atoms with Crippen LogP contribution in [0.1, 0.15) is 35.1 Å². The van der Waals surface area contributed by atoms with Crippen molar-refractivity contribution in [2.24, 2.45) is 0 Å². The number of nitro groups is 1. The van der Waals surface area contributed by atoms with Gasteiger partial charge in [-0.15, -0.1) is 0 Å². The maximum absolute atomic E-state index is 12.3. The van der Waals surface area contributed by atoms with Gasteiger partial charge in [0.1, 0.15) is 11.4 Å². The van der Waals surface area contributed by atoms with Gasteiger partial charge < -0.3 is 0 Å². The minimum Gasteiger partial charge on any atom is -0.294 e. The number of ketones is 1. The van der Waals surface area contributed by atoms with Gasteiger partial charge in [-0.1, -0.05) is 37.3 Å². The summed E-state index contributed by atoms with van der Waals surface area (Å²) in [4.78, 5) is 23.1. The molecule has 0 atom stereocenters. The van der Waals surface area contributed by atoms with Crippen LogP contribution in [-0.2, 0) is 13.0 Å². The molecule has 2 aromatic rings. The van der Waals surface area contributed by atoms with E-state index in [1.54, 1.807) is 35.9 Å². The van der Waals surface area contributed by atoms with Gasteiger partial charge >= 0.3 is 5.69 Å². The Morgan fingerprint density at radius 2 is 2.00 bits per heavy atom. The Bertz CT molecular complexity index is 662. The van der Waals surface area contributed by atoms with E-state index in [0.29, 0.717) is 23.5 Å². The third kappa shape index (κ3) is 3.16. The number of nitrogens with zero attached hydrogens (tertiary/aromatic N) is 3. The smallest absolute Gasteiger partial charge is 0.294 e. The van der Waals surface area contributed by atoms with Gasteiger partial charge in [0, 0.05) is 12.1 Å². The molecule has 1 aromatic heterocycles. The number of rotatable bonds is 6. The van der Waals surface area contributed by atoms with Crippen molar-refractivity contribution in [3.05, 3.63) is 57.4 Å². The minimum absolute atomic E-state index is 0.0127. The van der Waals surface area contributed by atoms with Gasteiger partial charge in [-0.05, 0) is 13.3 Å². The highest BCUT2D eigenvalue weighted by Gasteiger charge is 2.26. The Labute approximate surface area is 122 Å². The van der Waals surface area contributed by atoms with Crippen LogP contribution in [0.15, 0.2) is 30.3 Å². The van der Waals surface area contributed by atoms with Crippen molar-refractivity contribution in [2.45, 2.75) is 33.2 Å². The van der Waals surface area contributed by atoms with Crippen LogP contribution in [0.4, 0.5) is 5.69 Å². The third-order valence-corrected chi connectivity index (χ3v) is 3.24. The molecule has 0 N–H and O–H groups in total. The summed E-state index contributed by atoms with van der Waals surface area (Å²) < 4.78 is 1.58. The third-order valence-electron chi connectivity index (χ3n) is 3.24. The monoisotopic (exact) mass is 287 g/mol. The lowest BCUT2D eigenvalue weighted by Crippen LogP contribution is -2.12. The Hall–Kier alpha value is -2.50. The molecule has 0 spiro atoms. The number of hydrogen-bond donors (Lipinski definition) is 0. The number of aryl methyl sites for hydroxylation is 2. The minimum atomic E-state index is -0.456. The molecule has 0 unspecified atom stereocenters. The standard InChI is InChI=1S/C15H17N3O3/c1-3-9-17-13(15(18(20)21)11(2)16-17)10-14(19)12-7-5-4-6-8-12/h4-8H,3,9-10H2,1-2H3. The molecule has 0 bridgehead atoms. The Morgan fingerprint density at radius 3 is 2.57 bits per heavy atom. The van der Waals surface area contributed by atoms with E-state index >= 15 is 0 Å². The first-order valence-electron chi connectivity index (χ1n) is 6.83. The van der Waals surface area contributed by atoms with Crippen LogP contribution in [-0.4, -0.2) is 20.5 Å². The van der Waals surface area contributed by atoms with Gasteiger partial charge in [-0.25, -0.2) is 0 Å². The molecule has 1 heterocycles. The lowest BCUT2D eigenvalue weighted by Gasteiger charge is -2.05. The summed E-state index contributed by atoms with van der Waals surface area (Å²) in [5.41, 5.74) is 1.24. The molecule has 2 rings (SSSR count). The molecule has 6 nitrogen and oxygen atoms in total. The predicted molar refractivity (Wildman–Crippen MR) is 78.4 cm³/mol. The van der Waals surface area contributed by atoms with Crippen molar-refractivity contribution in [3.63, 3.8) is 0 Å². The topological polar surface area (TPSA) is 78.0 Å². The first kappa shape index (κ1) is 14.9. The quantitative estimate of drug-likeness (QED) is 0.465. The molecular formula is C15H17N3O3. The highest BCUT2D eigenvalue weighted by molar-refractivity contribution is 5.97. The number of benzene rings is 1. The zero-order valence-corrected chi connectivity index (χ0v) is 12.1. The van der Waals surface area contributed by atoms with E-state index in [1.165, 1.54) is 0 Å². The van der Waals surface area contributed by atoms with Crippen molar-refractivity contribution < 1.29 is 9.72 Å². The molecule has 0 saturated carbocycles. The Balaban J connectivity index is 2.38. The normalized spacial score (nSPS) is 10.6. The second-order valence-corrected chi connectivity index (χ2v) is 4.83. The van der Waals surface area contributed by atoms with Gasteiger partial charge in [-0.3, -0.25) is 19.6 Å². The summed E-state index contributed by atoms with van der Waals surface area (Å²) in [6, 6.07) is 8.79. The van der Waals surface area contributed by atoms with Crippen LogP contribution < -0.4 is 0 Å². The van der Waals surface area contributed by atoms with Crippen molar-refractivity contribution in [1.82, 2.24) is 9.78 Å². The molecule has 0 aliphatic rings. The van der Waals surface area contributed by atoms with E-state index < -0.39 is 4.92 Å². The van der Waals surface area contributed by atoms with Crippen LogP contribution in [0.3, 0.4) is 0 Å². The average Bonchev–Trinajstić information content (AvgIpc) is 2.76. The molecule has 21 heavy (non-hydrogen) atoms. The fourth-order valence-corrected chi connectivity index (χ4v) is 2.31. The molecule has 0 aliphatic heterocycles. The van der Waals surface area contributed by atoms with Gasteiger partial charge in [0.2, 0.25) is 0 Å². The Kier molecular flexibility index (Phi) is 4.47. The summed E-state index contributed by atoms with van der Waals surface area (Å²) in [7, 11) is 0. The number of aromatic nitrogens is 2. The van der Waals surface area contributed by atoms with Crippen molar-refractivity contribution in [2.75, 3.05) is 0 Å². The summed E-state index contributed by atoms with van der Waals surface area (Å²) in [5.74, 6) is -0.143. The molecule has 1 aromatic carbocycles. The van der Waals surface area contributed by atoms with Crippen LogP contribution in [0.5, 0.6) is 0 Å². The molecule has 0 aliphatic carbocycles. The Morgan fingerprint density at radius 1 is 1.33 bits per heavy atom. The fraction of sp³-hybridized carbons (Fsp3) is 0.333. The molecular weight excluding hydrogens is 270 g/mol. The van der Waals surface area contributed by atoms with Crippen LogP contribution in [0, 0.1) is 17.0 Å². The van der Waals surface area contributed by atoms with Crippen molar-refractivity contribution >= 4 is 11.5 Å². The second-order valence-electron chi connectivity index (χ2n) is 4.83. The summed E-state index contributed by atoms with van der Waals surface area (Å²) in [6.45, 7) is 4.12. The van der Waals surface area contributed by atoms with E-state index in [-0.39, 0.29) is 17.9 Å². The highest BCUT2D eigenvalue weighted by atomic mass is 16.6.